The summed E-state index contributed by atoms with van der Waals surface area (Å²) in [5.41, 5.74) is 3.11. The summed E-state index contributed by atoms with van der Waals surface area (Å²) in [5, 5.41) is 3.14. The molecule has 2 heterocycles. The van der Waals surface area contributed by atoms with Gasteiger partial charge in [-0.1, -0.05) is 24.3 Å². The van der Waals surface area contributed by atoms with Crippen molar-refractivity contribution in [1.29, 1.82) is 0 Å². The van der Waals surface area contributed by atoms with Crippen molar-refractivity contribution >= 4 is 5.91 Å². The monoisotopic (exact) mass is 398 g/mol. The van der Waals surface area contributed by atoms with E-state index in [2.05, 4.69) is 39.4 Å². The van der Waals surface area contributed by atoms with E-state index < -0.39 is 0 Å². The van der Waals surface area contributed by atoms with E-state index in [0.29, 0.717) is 18.0 Å². The first-order valence-electron chi connectivity index (χ1n) is 11.6. The van der Waals surface area contributed by atoms with E-state index in [4.69, 9.17) is 0 Å². The van der Waals surface area contributed by atoms with Gasteiger partial charge in [0, 0.05) is 38.8 Å². The van der Waals surface area contributed by atoms with Crippen molar-refractivity contribution in [1.82, 2.24) is 20.0 Å². The van der Waals surface area contributed by atoms with Gasteiger partial charge in [-0.15, -0.1) is 0 Å². The van der Waals surface area contributed by atoms with Crippen molar-refractivity contribution in [2.45, 2.75) is 50.6 Å². The van der Waals surface area contributed by atoms with Crippen LogP contribution >= 0.6 is 0 Å². The molecule has 0 bridgehead atoms. The van der Waals surface area contributed by atoms with E-state index in [0.717, 1.165) is 32.5 Å². The number of hydrogen-bond donors (Lipinski definition) is 1. The lowest BCUT2D eigenvalue weighted by Crippen LogP contribution is -2.52. The van der Waals surface area contributed by atoms with Gasteiger partial charge in [0.1, 0.15) is 0 Å². The average Bonchev–Trinajstić information content (AvgIpc) is 3.21. The minimum Gasteiger partial charge on any atom is -0.344 e. The van der Waals surface area contributed by atoms with Crippen LogP contribution in [0.2, 0.25) is 0 Å². The Hall–Kier alpha value is -1.43. The zero-order valence-electron chi connectivity index (χ0n) is 18.3. The number of likely N-dealkylation sites (tertiary alicyclic amines) is 2. The molecule has 160 valence electrons. The van der Waals surface area contributed by atoms with Gasteiger partial charge in [0.2, 0.25) is 5.91 Å². The Labute approximate surface area is 176 Å². The molecule has 0 radical (unpaired) electrons. The molecule has 1 N–H and O–H groups in total. The van der Waals surface area contributed by atoms with Crippen LogP contribution in [0, 0.1) is 5.92 Å². The third-order valence-electron chi connectivity index (χ3n) is 7.44. The van der Waals surface area contributed by atoms with Crippen LogP contribution in [0.25, 0.3) is 0 Å². The maximum absolute atomic E-state index is 12.8. The van der Waals surface area contributed by atoms with E-state index in [-0.39, 0.29) is 5.92 Å². The lowest BCUT2D eigenvalue weighted by Gasteiger charge is -2.43. The summed E-state index contributed by atoms with van der Waals surface area (Å²) in [7, 11) is 3.90. The topological polar surface area (TPSA) is 38.8 Å². The first-order valence-corrected chi connectivity index (χ1v) is 11.6. The summed E-state index contributed by atoms with van der Waals surface area (Å²) in [6.07, 6.45) is 7.17. The zero-order chi connectivity index (χ0) is 20.2. The highest BCUT2D eigenvalue weighted by Crippen LogP contribution is 2.30. The molecule has 1 aromatic carbocycles. The number of benzene rings is 1. The molecule has 1 aliphatic carbocycles. The standard InChI is InChI=1S/C24H38N4O/c1-25-11-15-26(2)24(29)21-8-5-12-28(18-21)22-9-13-27(14-10-22)23-16-19-6-3-4-7-20(19)17-23/h3-4,6-7,21-23,25H,5,8-18H2,1-2H3/t21-/m1/s1. The summed E-state index contributed by atoms with van der Waals surface area (Å²) in [6.45, 7) is 6.21. The second-order valence-corrected chi connectivity index (χ2v) is 9.30. The number of nitrogens with zero attached hydrogens (tertiary/aromatic N) is 3. The largest absolute Gasteiger partial charge is 0.344 e. The van der Waals surface area contributed by atoms with E-state index in [9.17, 15) is 4.79 Å². The molecular formula is C24H38N4O. The van der Waals surface area contributed by atoms with Gasteiger partial charge in [-0.2, -0.15) is 0 Å². The molecule has 5 heteroatoms. The number of likely N-dealkylation sites (N-methyl/N-ethyl adjacent to an activating group) is 2. The van der Waals surface area contributed by atoms with Crippen LogP contribution in [0.4, 0.5) is 0 Å². The van der Waals surface area contributed by atoms with Crippen LogP contribution < -0.4 is 5.32 Å². The smallest absolute Gasteiger partial charge is 0.226 e. The van der Waals surface area contributed by atoms with Gasteiger partial charge in [0.05, 0.1) is 5.92 Å². The van der Waals surface area contributed by atoms with Crippen molar-refractivity contribution in [2.24, 2.45) is 5.92 Å². The Morgan fingerprint density at radius 3 is 2.38 bits per heavy atom. The second kappa shape index (κ2) is 9.59. The van der Waals surface area contributed by atoms with E-state index in [1.54, 1.807) is 11.1 Å². The van der Waals surface area contributed by atoms with Crippen LogP contribution in [0.3, 0.4) is 0 Å². The highest BCUT2D eigenvalue weighted by atomic mass is 16.2. The predicted octanol–water partition coefficient (Wildman–Crippen LogP) is 2.01. The van der Waals surface area contributed by atoms with Gasteiger partial charge in [0.25, 0.3) is 0 Å². The number of hydrogen-bond acceptors (Lipinski definition) is 4. The molecule has 1 aromatic rings. The SMILES string of the molecule is CNCCN(C)C(=O)[C@@H]1CCCN(C2CCN(C3Cc4ccccc4C3)CC2)C1. The molecule has 1 amide bonds. The van der Waals surface area contributed by atoms with Gasteiger partial charge in [-0.05, 0) is 76.3 Å². The Balaban J connectivity index is 1.26. The molecule has 5 nitrogen and oxygen atoms in total. The highest BCUT2D eigenvalue weighted by molar-refractivity contribution is 5.78. The number of amides is 1. The number of fused-ring (bicyclic) bond motifs is 1. The first-order chi connectivity index (χ1) is 14.2. The van der Waals surface area contributed by atoms with E-state index in [1.165, 1.54) is 45.3 Å². The molecule has 2 aliphatic heterocycles. The van der Waals surface area contributed by atoms with Gasteiger partial charge < -0.3 is 10.2 Å². The summed E-state index contributed by atoms with van der Waals surface area (Å²) in [5.74, 6) is 0.527. The van der Waals surface area contributed by atoms with E-state index >= 15 is 0 Å². The first kappa shape index (κ1) is 20.8. The fourth-order valence-corrected chi connectivity index (χ4v) is 5.65. The Kier molecular flexibility index (Phi) is 6.88. The summed E-state index contributed by atoms with van der Waals surface area (Å²) < 4.78 is 0. The molecule has 2 fully saturated rings. The molecule has 4 rings (SSSR count). The molecule has 2 saturated heterocycles. The number of nitrogens with one attached hydrogen (secondary N) is 1. The minimum absolute atomic E-state index is 0.188. The van der Waals surface area contributed by atoms with Gasteiger partial charge in [-0.25, -0.2) is 0 Å². The van der Waals surface area contributed by atoms with Crippen molar-refractivity contribution in [2.75, 3.05) is 53.4 Å². The fraction of sp³-hybridized carbons (Fsp3) is 0.708. The molecular weight excluding hydrogens is 360 g/mol. The van der Waals surface area contributed by atoms with Gasteiger partial charge >= 0.3 is 0 Å². The Morgan fingerprint density at radius 2 is 1.72 bits per heavy atom. The van der Waals surface area contributed by atoms with Crippen LogP contribution in [0.15, 0.2) is 24.3 Å². The summed E-state index contributed by atoms with van der Waals surface area (Å²) in [4.78, 5) is 20.1. The molecule has 29 heavy (non-hydrogen) atoms. The van der Waals surface area contributed by atoms with Gasteiger partial charge in [-0.3, -0.25) is 14.6 Å². The third kappa shape index (κ3) is 4.84. The summed E-state index contributed by atoms with van der Waals surface area (Å²) >= 11 is 0. The van der Waals surface area contributed by atoms with Crippen LogP contribution in [-0.2, 0) is 17.6 Å². The molecule has 0 saturated carbocycles. The Bertz CT molecular complexity index is 660. The lowest BCUT2D eigenvalue weighted by molar-refractivity contribution is -0.136. The molecule has 1 atom stereocenters. The molecule has 0 spiro atoms. The summed E-state index contributed by atoms with van der Waals surface area (Å²) in [6, 6.07) is 10.3. The molecule has 3 aliphatic rings. The minimum atomic E-state index is 0.188. The van der Waals surface area contributed by atoms with Crippen molar-refractivity contribution < 1.29 is 4.79 Å². The van der Waals surface area contributed by atoms with Crippen molar-refractivity contribution in [3.05, 3.63) is 35.4 Å². The van der Waals surface area contributed by atoms with Crippen LogP contribution in [0.5, 0.6) is 0 Å². The van der Waals surface area contributed by atoms with Gasteiger partial charge in [0.15, 0.2) is 0 Å². The number of piperidine rings is 2. The lowest BCUT2D eigenvalue weighted by atomic mass is 9.92. The predicted molar refractivity (Wildman–Crippen MR) is 118 cm³/mol. The molecule has 0 unspecified atom stereocenters. The fourth-order valence-electron chi connectivity index (χ4n) is 5.65. The van der Waals surface area contributed by atoms with Crippen molar-refractivity contribution in [3.8, 4) is 0 Å². The van der Waals surface area contributed by atoms with E-state index in [1.807, 2.05) is 19.0 Å². The quantitative estimate of drug-likeness (QED) is 0.796. The molecule has 0 aromatic heterocycles. The number of carbonyl (C=O) groups is 1. The van der Waals surface area contributed by atoms with Crippen LogP contribution in [-0.4, -0.2) is 86.1 Å². The number of rotatable bonds is 6. The maximum atomic E-state index is 12.8. The highest BCUT2D eigenvalue weighted by Gasteiger charge is 2.35. The van der Waals surface area contributed by atoms with Crippen molar-refractivity contribution in [3.63, 3.8) is 0 Å². The third-order valence-corrected chi connectivity index (χ3v) is 7.44. The maximum Gasteiger partial charge on any atom is 0.226 e. The number of carbonyl (C=O) groups excluding carboxylic acids is 1. The second-order valence-electron chi connectivity index (χ2n) is 9.30. The zero-order valence-corrected chi connectivity index (χ0v) is 18.3. The van der Waals surface area contributed by atoms with Crippen LogP contribution in [0.1, 0.15) is 36.8 Å². The normalized spacial score (nSPS) is 24.6. The Morgan fingerprint density at radius 1 is 1.03 bits per heavy atom. The average molecular weight is 399 g/mol.